The molecule has 2 aromatic rings. The molecule has 1 aromatic heterocycles. The summed E-state index contributed by atoms with van der Waals surface area (Å²) < 4.78 is 0. The Kier molecular flexibility index (Phi) is 4.20. The monoisotopic (exact) mass is 351 g/mol. The van der Waals surface area contributed by atoms with E-state index >= 15 is 0 Å². The normalized spacial score (nSPS) is 19.8. The van der Waals surface area contributed by atoms with Crippen molar-refractivity contribution in [1.29, 1.82) is 0 Å². The lowest BCUT2D eigenvalue weighted by atomic mass is 9.96. The average Bonchev–Trinajstić information content (AvgIpc) is 3.05. The minimum absolute atomic E-state index is 0.0218. The number of nitrogens with zero attached hydrogens (tertiary/aromatic N) is 3. The third kappa shape index (κ3) is 2.76. The molecule has 1 saturated heterocycles. The summed E-state index contributed by atoms with van der Waals surface area (Å²) in [6.45, 7) is -0.0465. The second kappa shape index (κ2) is 6.53. The molecule has 3 heterocycles. The zero-order valence-corrected chi connectivity index (χ0v) is 14.7. The molecule has 2 aliphatic heterocycles. The molecule has 0 saturated carbocycles. The van der Waals surface area contributed by atoms with Crippen molar-refractivity contribution in [2.24, 2.45) is 0 Å². The molecule has 6 heteroatoms. The van der Waals surface area contributed by atoms with Crippen molar-refractivity contribution >= 4 is 23.2 Å². The number of hydrogen-bond donors (Lipinski definition) is 1. The minimum Gasteiger partial charge on any atom is -0.394 e. The van der Waals surface area contributed by atoms with E-state index in [4.69, 9.17) is 0 Å². The smallest absolute Gasteiger partial charge is 0.227 e. The third-order valence-corrected chi connectivity index (χ3v) is 5.29. The maximum absolute atomic E-state index is 12.2. The Balaban J connectivity index is 1.69. The Morgan fingerprint density at radius 1 is 1.08 bits per heavy atom. The summed E-state index contributed by atoms with van der Waals surface area (Å²) in [5.41, 5.74) is 4.73. The van der Waals surface area contributed by atoms with Crippen LogP contribution in [0.15, 0.2) is 36.7 Å². The van der Waals surface area contributed by atoms with Gasteiger partial charge in [0.05, 0.1) is 24.5 Å². The summed E-state index contributed by atoms with van der Waals surface area (Å²) in [5, 5.41) is 9.53. The van der Waals surface area contributed by atoms with Crippen molar-refractivity contribution in [3.05, 3.63) is 42.2 Å². The predicted molar refractivity (Wildman–Crippen MR) is 99.0 cm³/mol. The lowest BCUT2D eigenvalue weighted by Gasteiger charge is -2.26. The van der Waals surface area contributed by atoms with Crippen molar-refractivity contribution in [1.82, 2.24) is 4.98 Å². The lowest BCUT2D eigenvalue weighted by molar-refractivity contribution is -0.118. The van der Waals surface area contributed by atoms with Gasteiger partial charge < -0.3 is 14.9 Å². The molecule has 1 aromatic carbocycles. The summed E-state index contributed by atoms with van der Waals surface area (Å²) >= 11 is 0. The number of hydrogen-bond acceptors (Lipinski definition) is 4. The van der Waals surface area contributed by atoms with Crippen molar-refractivity contribution in [2.45, 2.75) is 31.7 Å². The van der Waals surface area contributed by atoms with E-state index in [2.05, 4.69) is 11.1 Å². The number of benzene rings is 1. The number of pyridine rings is 1. The molecule has 1 atom stereocenters. The fourth-order valence-electron chi connectivity index (χ4n) is 3.82. The zero-order chi connectivity index (χ0) is 18.3. The van der Waals surface area contributed by atoms with Crippen LogP contribution in [0.25, 0.3) is 11.1 Å². The molecule has 0 spiro atoms. The Bertz CT molecular complexity index is 880. The van der Waals surface area contributed by atoms with Crippen LogP contribution in [-0.4, -0.2) is 41.6 Å². The van der Waals surface area contributed by atoms with E-state index in [1.165, 1.54) is 0 Å². The summed E-state index contributed by atoms with van der Waals surface area (Å²) in [6, 6.07) is 7.80. The standard InChI is InChI=1S/C20H21N3O3/c1-22-18-5-2-13(8-14(18)3-6-19(22)25)15-9-17(11-21-10-15)23-16(12-24)4-7-20(23)26/h2,5,8-11,16,24H,3-4,6-7,12H2,1H3. The van der Waals surface area contributed by atoms with Crippen LogP contribution in [0.1, 0.15) is 24.8 Å². The van der Waals surface area contributed by atoms with E-state index in [9.17, 15) is 14.7 Å². The maximum Gasteiger partial charge on any atom is 0.227 e. The first-order valence-electron chi connectivity index (χ1n) is 8.86. The first-order valence-corrected chi connectivity index (χ1v) is 8.86. The number of aromatic nitrogens is 1. The summed E-state index contributed by atoms with van der Waals surface area (Å²) in [6.07, 6.45) is 5.81. The predicted octanol–water partition coefficient (Wildman–Crippen LogP) is 2.15. The van der Waals surface area contributed by atoms with Gasteiger partial charge in [0.25, 0.3) is 0 Å². The number of aliphatic hydroxyl groups is 1. The van der Waals surface area contributed by atoms with Gasteiger partial charge in [0.1, 0.15) is 0 Å². The van der Waals surface area contributed by atoms with Gasteiger partial charge in [-0.3, -0.25) is 14.6 Å². The molecule has 26 heavy (non-hydrogen) atoms. The van der Waals surface area contributed by atoms with Crippen molar-refractivity contribution in [2.75, 3.05) is 23.5 Å². The van der Waals surface area contributed by atoms with Gasteiger partial charge >= 0.3 is 0 Å². The molecular weight excluding hydrogens is 330 g/mol. The molecule has 1 fully saturated rings. The van der Waals surface area contributed by atoms with Crippen LogP contribution in [0, 0.1) is 0 Å². The molecule has 0 aliphatic carbocycles. The highest BCUT2D eigenvalue weighted by atomic mass is 16.3. The Labute approximate surface area is 152 Å². The zero-order valence-electron chi connectivity index (χ0n) is 14.7. The van der Waals surface area contributed by atoms with Crippen molar-refractivity contribution < 1.29 is 14.7 Å². The van der Waals surface area contributed by atoms with Crippen LogP contribution in [0.4, 0.5) is 11.4 Å². The van der Waals surface area contributed by atoms with Gasteiger partial charge in [0, 0.05) is 37.3 Å². The number of aliphatic hydroxyl groups excluding tert-OH is 1. The van der Waals surface area contributed by atoms with Crippen LogP contribution in [0.5, 0.6) is 0 Å². The van der Waals surface area contributed by atoms with E-state index < -0.39 is 0 Å². The van der Waals surface area contributed by atoms with E-state index in [-0.39, 0.29) is 24.5 Å². The Morgan fingerprint density at radius 2 is 1.92 bits per heavy atom. The van der Waals surface area contributed by atoms with Gasteiger partial charge in [-0.25, -0.2) is 0 Å². The first-order chi connectivity index (χ1) is 12.6. The van der Waals surface area contributed by atoms with Crippen molar-refractivity contribution in [3.8, 4) is 11.1 Å². The average molecular weight is 351 g/mol. The van der Waals surface area contributed by atoms with Crippen LogP contribution in [0.2, 0.25) is 0 Å². The second-order valence-corrected chi connectivity index (χ2v) is 6.87. The summed E-state index contributed by atoms with van der Waals surface area (Å²) in [5.74, 6) is 0.157. The number of rotatable bonds is 3. The molecule has 2 aliphatic rings. The SMILES string of the molecule is CN1C(=O)CCc2cc(-c3cncc(N4C(=O)CCC4CO)c3)ccc21. The van der Waals surface area contributed by atoms with Crippen LogP contribution in [0.3, 0.4) is 0 Å². The van der Waals surface area contributed by atoms with Crippen LogP contribution >= 0.6 is 0 Å². The molecule has 6 nitrogen and oxygen atoms in total. The number of carbonyl (C=O) groups excluding carboxylic acids is 2. The van der Waals surface area contributed by atoms with Crippen LogP contribution < -0.4 is 9.80 Å². The molecule has 0 bridgehead atoms. The number of fused-ring (bicyclic) bond motifs is 1. The number of carbonyl (C=O) groups is 2. The highest BCUT2D eigenvalue weighted by molar-refractivity contribution is 5.97. The van der Waals surface area contributed by atoms with E-state index in [1.54, 1.807) is 29.2 Å². The topological polar surface area (TPSA) is 73.7 Å². The second-order valence-electron chi connectivity index (χ2n) is 6.87. The van der Waals surface area contributed by atoms with Gasteiger partial charge in [-0.05, 0) is 42.2 Å². The Morgan fingerprint density at radius 3 is 2.73 bits per heavy atom. The summed E-state index contributed by atoms with van der Waals surface area (Å²) in [4.78, 5) is 31.7. The molecule has 2 amide bonds. The number of aryl methyl sites for hydroxylation is 1. The lowest BCUT2D eigenvalue weighted by Crippen LogP contribution is -2.35. The molecule has 4 rings (SSSR count). The van der Waals surface area contributed by atoms with E-state index in [0.29, 0.717) is 24.9 Å². The first kappa shape index (κ1) is 16.7. The minimum atomic E-state index is -0.178. The maximum atomic E-state index is 12.2. The van der Waals surface area contributed by atoms with Gasteiger partial charge in [-0.15, -0.1) is 0 Å². The quantitative estimate of drug-likeness (QED) is 0.919. The van der Waals surface area contributed by atoms with Gasteiger partial charge in [-0.2, -0.15) is 0 Å². The van der Waals surface area contributed by atoms with Crippen molar-refractivity contribution in [3.63, 3.8) is 0 Å². The van der Waals surface area contributed by atoms with Gasteiger partial charge in [-0.1, -0.05) is 6.07 Å². The molecule has 134 valence electrons. The van der Waals surface area contributed by atoms with E-state index in [0.717, 1.165) is 28.8 Å². The number of amides is 2. The largest absolute Gasteiger partial charge is 0.394 e. The van der Waals surface area contributed by atoms with E-state index in [1.807, 2.05) is 18.2 Å². The molecule has 1 N–H and O–H groups in total. The highest BCUT2D eigenvalue weighted by Crippen LogP contribution is 2.33. The molecule has 0 radical (unpaired) electrons. The molecular formula is C20H21N3O3. The number of anilines is 2. The highest BCUT2D eigenvalue weighted by Gasteiger charge is 2.32. The fourth-order valence-corrected chi connectivity index (χ4v) is 3.82. The van der Waals surface area contributed by atoms with Gasteiger partial charge in [0.15, 0.2) is 0 Å². The molecule has 1 unspecified atom stereocenters. The van der Waals surface area contributed by atoms with Gasteiger partial charge in [0.2, 0.25) is 11.8 Å². The van der Waals surface area contributed by atoms with Crippen LogP contribution in [-0.2, 0) is 16.0 Å². The fraction of sp³-hybridized carbons (Fsp3) is 0.350. The Hall–Kier alpha value is -2.73. The third-order valence-electron chi connectivity index (χ3n) is 5.29. The summed E-state index contributed by atoms with van der Waals surface area (Å²) in [7, 11) is 1.80.